The lowest BCUT2D eigenvalue weighted by molar-refractivity contribution is -0.139. The molecule has 0 radical (unpaired) electrons. The van der Waals surface area contributed by atoms with Crippen LogP contribution in [-0.2, 0) is 16.3 Å². The molecule has 1 heterocycles. The average Bonchev–Trinajstić information content (AvgIpc) is 3.00. The SMILES string of the molecule is COC(=O)CNC(=O)c1ccn(COc2ccc(Cl)cc2C)n1. The normalized spacial score (nSPS) is 10.2. The number of methoxy groups -OCH3 is 1. The van der Waals surface area contributed by atoms with Gasteiger partial charge >= 0.3 is 5.97 Å². The predicted octanol–water partition coefficient (Wildman–Crippen LogP) is 1.78. The molecule has 7 nitrogen and oxygen atoms in total. The maximum Gasteiger partial charge on any atom is 0.325 e. The van der Waals surface area contributed by atoms with Gasteiger partial charge in [-0.25, -0.2) is 4.68 Å². The molecule has 23 heavy (non-hydrogen) atoms. The molecule has 8 heteroatoms. The number of nitrogens with zero attached hydrogens (tertiary/aromatic N) is 2. The van der Waals surface area contributed by atoms with Gasteiger partial charge in [0.1, 0.15) is 18.0 Å². The summed E-state index contributed by atoms with van der Waals surface area (Å²) in [5.74, 6) is -0.308. The van der Waals surface area contributed by atoms with Crippen molar-refractivity contribution in [1.82, 2.24) is 15.1 Å². The maximum atomic E-state index is 11.8. The molecule has 122 valence electrons. The van der Waals surface area contributed by atoms with Gasteiger partial charge < -0.3 is 14.8 Å². The number of aryl methyl sites for hydroxylation is 1. The number of aromatic nitrogens is 2. The highest BCUT2D eigenvalue weighted by atomic mass is 35.5. The lowest BCUT2D eigenvalue weighted by Crippen LogP contribution is -2.30. The van der Waals surface area contributed by atoms with Crippen molar-refractivity contribution in [3.05, 3.63) is 46.7 Å². The second-order valence-electron chi connectivity index (χ2n) is 4.68. The van der Waals surface area contributed by atoms with Crippen molar-refractivity contribution in [3.8, 4) is 5.75 Å². The van der Waals surface area contributed by atoms with Gasteiger partial charge in [-0.2, -0.15) is 5.10 Å². The first kappa shape index (κ1) is 16.8. The molecule has 0 spiro atoms. The fraction of sp³-hybridized carbons (Fsp3) is 0.267. The second kappa shape index (κ2) is 7.64. The van der Waals surface area contributed by atoms with Gasteiger partial charge in [-0.05, 0) is 36.8 Å². The van der Waals surface area contributed by atoms with E-state index in [2.05, 4.69) is 15.2 Å². The minimum absolute atomic E-state index is 0.146. The van der Waals surface area contributed by atoms with Crippen LogP contribution < -0.4 is 10.1 Å². The summed E-state index contributed by atoms with van der Waals surface area (Å²) in [5.41, 5.74) is 1.09. The van der Waals surface area contributed by atoms with Crippen LogP contribution in [0.2, 0.25) is 5.02 Å². The zero-order chi connectivity index (χ0) is 16.8. The molecule has 1 aromatic heterocycles. The summed E-state index contributed by atoms with van der Waals surface area (Å²) in [6, 6.07) is 6.83. The molecule has 2 rings (SSSR count). The Balaban J connectivity index is 1.91. The van der Waals surface area contributed by atoms with Crippen LogP contribution >= 0.6 is 11.6 Å². The fourth-order valence-corrected chi connectivity index (χ4v) is 2.01. The van der Waals surface area contributed by atoms with Crippen LogP contribution in [0, 0.1) is 6.92 Å². The summed E-state index contributed by atoms with van der Waals surface area (Å²) >= 11 is 5.88. The summed E-state index contributed by atoms with van der Waals surface area (Å²) < 4.78 is 11.5. The van der Waals surface area contributed by atoms with Crippen LogP contribution in [0.25, 0.3) is 0 Å². The van der Waals surface area contributed by atoms with E-state index in [9.17, 15) is 9.59 Å². The standard InChI is InChI=1S/C15H16ClN3O4/c1-10-7-11(16)3-4-13(10)23-9-19-6-5-12(18-19)15(21)17-8-14(20)22-2/h3-7H,8-9H2,1-2H3,(H,17,21). The molecule has 0 unspecified atom stereocenters. The van der Waals surface area contributed by atoms with Gasteiger partial charge in [-0.15, -0.1) is 0 Å². The first-order valence-electron chi connectivity index (χ1n) is 6.77. The highest BCUT2D eigenvalue weighted by Crippen LogP contribution is 2.21. The minimum atomic E-state index is -0.528. The number of esters is 1. The highest BCUT2D eigenvalue weighted by Gasteiger charge is 2.11. The minimum Gasteiger partial charge on any atom is -0.471 e. The summed E-state index contributed by atoms with van der Waals surface area (Å²) in [6.07, 6.45) is 1.61. The van der Waals surface area contributed by atoms with Crippen LogP contribution in [0.1, 0.15) is 16.1 Å². The quantitative estimate of drug-likeness (QED) is 0.812. The number of amides is 1. The Bertz CT molecular complexity index is 714. The van der Waals surface area contributed by atoms with Crippen LogP contribution in [-0.4, -0.2) is 35.3 Å². The number of carbonyl (C=O) groups excluding carboxylic acids is 2. The van der Waals surface area contributed by atoms with Gasteiger partial charge in [0.05, 0.1) is 7.11 Å². The maximum absolute atomic E-state index is 11.8. The molecule has 0 bridgehead atoms. The molecule has 0 saturated carbocycles. The number of halogens is 1. The first-order valence-corrected chi connectivity index (χ1v) is 7.15. The predicted molar refractivity (Wildman–Crippen MR) is 83.4 cm³/mol. The Labute approximate surface area is 138 Å². The number of hydrogen-bond donors (Lipinski definition) is 1. The molecule has 1 N–H and O–H groups in total. The molecule has 0 aliphatic rings. The van der Waals surface area contributed by atoms with Crippen LogP contribution in [0.5, 0.6) is 5.75 Å². The van der Waals surface area contributed by atoms with Crippen molar-refractivity contribution in [3.63, 3.8) is 0 Å². The lowest BCUT2D eigenvalue weighted by atomic mass is 10.2. The molecule has 0 saturated heterocycles. The van der Waals surface area contributed by atoms with Crippen molar-refractivity contribution >= 4 is 23.5 Å². The summed E-state index contributed by atoms with van der Waals surface area (Å²) in [4.78, 5) is 22.8. The Morgan fingerprint density at radius 2 is 2.13 bits per heavy atom. The van der Waals surface area contributed by atoms with Gasteiger partial charge in [0, 0.05) is 11.2 Å². The molecule has 0 aliphatic carbocycles. The van der Waals surface area contributed by atoms with Gasteiger partial charge in [0.2, 0.25) is 0 Å². The molecule has 2 aromatic rings. The summed E-state index contributed by atoms with van der Waals surface area (Å²) in [5, 5.41) is 7.12. The lowest BCUT2D eigenvalue weighted by Gasteiger charge is -2.09. The molecule has 0 aliphatic heterocycles. The van der Waals surface area contributed by atoms with E-state index in [0.29, 0.717) is 10.8 Å². The Morgan fingerprint density at radius 3 is 2.83 bits per heavy atom. The van der Waals surface area contributed by atoms with Crippen molar-refractivity contribution in [2.24, 2.45) is 0 Å². The van der Waals surface area contributed by atoms with E-state index in [1.54, 1.807) is 24.4 Å². The number of ether oxygens (including phenoxy) is 2. The van der Waals surface area contributed by atoms with Gasteiger partial charge in [-0.3, -0.25) is 9.59 Å². The van der Waals surface area contributed by atoms with Crippen molar-refractivity contribution in [1.29, 1.82) is 0 Å². The molecular formula is C15H16ClN3O4. The third-order valence-corrected chi connectivity index (χ3v) is 3.22. The number of benzene rings is 1. The molecule has 1 aromatic carbocycles. The van der Waals surface area contributed by atoms with Gasteiger partial charge in [0.15, 0.2) is 6.73 Å². The summed E-state index contributed by atoms with van der Waals surface area (Å²) in [7, 11) is 1.25. The largest absolute Gasteiger partial charge is 0.471 e. The first-order chi connectivity index (χ1) is 11.0. The number of nitrogens with one attached hydrogen (secondary N) is 1. The van der Waals surface area contributed by atoms with E-state index in [-0.39, 0.29) is 19.0 Å². The van der Waals surface area contributed by atoms with Gasteiger partial charge in [0.25, 0.3) is 5.91 Å². The monoisotopic (exact) mass is 337 g/mol. The van der Waals surface area contributed by atoms with E-state index in [0.717, 1.165) is 5.56 Å². The van der Waals surface area contributed by atoms with E-state index in [1.807, 2.05) is 6.92 Å². The molecular weight excluding hydrogens is 322 g/mol. The van der Waals surface area contributed by atoms with Crippen molar-refractivity contribution in [2.45, 2.75) is 13.7 Å². The Hall–Kier alpha value is -2.54. The number of carbonyl (C=O) groups is 2. The Kier molecular flexibility index (Phi) is 5.59. The third kappa shape index (κ3) is 4.72. The topological polar surface area (TPSA) is 82.5 Å². The fourth-order valence-electron chi connectivity index (χ4n) is 1.78. The molecule has 1 amide bonds. The third-order valence-electron chi connectivity index (χ3n) is 2.98. The van der Waals surface area contributed by atoms with Crippen molar-refractivity contribution in [2.75, 3.05) is 13.7 Å². The van der Waals surface area contributed by atoms with E-state index in [1.165, 1.54) is 17.9 Å². The van der Waals surface area contributed by atoms with Gasteiger partial charge in [-0.1, -0.05) is 11.6 Å². The molecule has 0 atom stereocenters. The number of hydrogen-bond acceptors (Lipinski definition) is 5. The average molecular weight is 338 g/mol. The summed E-state index contributed by atoms with van der Waals surface area (Å²) in [6.45, 7) is 1.82. The second-order valence-corrected chi connectivity index (χ2v) is 5.12. The highest BCUT2D eigenvalue weighted by molar-refractivity contribution is 6.30. The molecule has 0 fully saturated rings. The van der Waals surface area contributed by atoms with E-state index < -0.39 is 11.9 Å². The smallest absolute Gasteiger partial charge is 0.325 e. The van der Waals surface area contributed by atoms with Crippen LogP contribution in [0.4, 0.5) is 0 Å². The zero-order valence-corrected chi connectivity index (χ0v) is 13.5. The van der Waals surface area contributed by atoms with Crippen molar-refractivity contribution < 1.29 is 19.1 Å². The van der Waals surface area contributed by atoms with Crippen LogP contribution in [0.15, 0.2) is 30.5 Å². The number of rotatable bonds is 6. The zero-order valence-electron chi connectivity index (χ0n) is 12.7. The van der Waals surface area contributed by atoms with E-state index >= 15 is 0 Å². The van der Waals surface area contributed by atoms with E-state index in [4.69, 9.17) is 16.3 Å². The Morgan fingerprint density at radius 1 is 1.35 bits per heavy atom. The van der Waals surface area contributed by atoms with Crippen LogP contribution in [0.3, 0.4) is 0 Å².